The van der Waals surface area contributed by atoms with E-state index in [0.717, 1.165) is 0 Å². The summed E-state index contributed by atoms with van der Waals surface area (Å²) >= 11 is 5.76. The number of benzene rings is 1. The van der Waals surface area contributed by atoms with Crippen LogP contribution in [-0.2, 0) is 19.1 Å². The molecule has 0 saturated carbocycles. The number of amides is 2. The molecule has 2 atom stereocenters. The average molecular weight is 383 g/mol. The molecule has 1 aliphatic heterocycles. The first-order chi connectivity index (χ1) is 12.3. The number of rotatable bonds is 6. The lowest BCUT2D eigenvalue weighted by Crippen LogP contribution is -2.49. The molecule has 2 rings (SSSR count). The highest BCUT2D eigenvalue weighted by Crippen LogP contribution is 2.11. The lowest BCUT2D eigenvalue weighted by atomic mass is 10.2. The number of carbonyl (C=O) groups is 3. The second-order valence-corrected chi connectivity index (χ2v) is 6.67. The molecule has 1 saturated heterocycles. The minimum Gasteiger partial charge on any atom is -0.456 e. The molecule has 142 valence electrons. The highest BCUT2D eigenvalue weighted by atomic mass is 35.5. The first-order valence-electron chi connectivity index (χ1n) is 8.47. The molecule has 1 N–H and O–H groups in total. The Bertz CT molecular complexity index is 639. The molecule has 1 aromatic carbocycles. The minimum atomic E-state index is -0.538. The molecule has 2 amide bonds. The maximum Gasteiger partial charge on any atom is 0.308 e. The number of nitrogens with zero attached hydrogens (tertiary/aromatic N) is 1. The van der Waals surface area contributed by atoms with Gasteiger partial charge in [0, 0.05) is 30.2 Å². The zero-order valence-electron chi connectivity index (χ0n) is 14.9. The van der Waals surface area contributed by atoms with E-state index < -0.39 is 5.97 Å². The summed E-state index contributed by atoms with van der Waals surface area (Å²) in [6, 6.07) is 6.42. The monoisotopic (exact) mass is 382 g/mol. The third-order valence-electron chi connectivity index (χ3n) is 3.85. The summed E-state index contributed by atoms with van der Waals surface area (Å²) in [5.41, 5.74) is 0.452. The molecule has 8 heteroatoms. The lowest BCUT2D eigenvalue weighted by Gasteiger charge is -2.35. The largest absolute Gasteiger partial charge is 0.456 e. The van der Waals surface area contributed by atoms with E-state index in [1.54, 1.807) is 29.2 Å². The van der Waals surface area contributed by atoms with E-state index in [-0.39, 0.29) is 43.6 Å². The molecular weight excluding hydrogens is 360 g/mol. The van der Waals surface area contributed by atoms with Crippen LogP contribution in [0.2, 0.25) is 5.02 Å². The van der Waals surface area contributed by atoms with Crippen molar-refractivity contribution >= 4 is 29.4 Å². The molecule has 7 nitrogen and oxygen atoms in total. The standard InChI is InChI=1S/C18H23ClN2O5/c1-12-9-21(10-13(2)26-12)16(22)11-25-17(23)7-8-20-18(24)14-3-5-15(19)6-4-14/h3-6,12-13H,7-11H2,1-2H3,(H,20,24)/t12-,13+. The van der Waals surface area contributed by atoms with Crippen molar-refractivity contribution in [3.05, 3.63) is 34.9 Å². The number of morpholine rings is 1. The molecular formula is C18H23ClN2O5. The van der Waals surface area contributed by atoms with Gasteiger partial charge in [-0.2, -0.15) is 0 Å². The normalized spacial score (nSPS) is 19.7. The molecule has 0 spiro atoms. The predicted molar refractivity (Wildman–Crippen MR) is 96.0 cm³/mol. The molecule has 26 heavy (non-hydrogen) atoms. The fraction of sp³-hybridized carbons (Fsp3) is 0.500. The van der Waals surface area contributed by atoms with Crippen LogP contribution in [0.4, 0.5) is 0 Å². The minimum absolute atomic E-state index is 0.0114. The zero-order chi connectivity index (χ0) is 19.1. The predicted octanol–water partition coefficient (Wildman–Crippen LogP) is 1.64. The van der Waals surface area contributed by atoms with E-state index in [1.807, 2.05) is 13.8 Å². The average Bonchev–Trinajstić information content (AvgIpc) is 2.59. The Morgan fingerprint density at radius 2 is 1.81 bits per heavy atom. The Morgan fingerprint density at radius 3 is 2.42 bits per heavy atom. The van der Waals surface area contributed by atoms with Crippen molar-refractivity contribution in [3.63, 3.8) is 0 Å². The van der Waals surface area contributed by atoms with Crippen molar-refractivity contribution in [2.75, 3.05) is 26.2 Å². The molecule has 1 aromatic rings. The second kappa shape index (κ2) is 9.54. The number of nitrogens with one attached hydrogen (secondary N) is 1. The summed E-state index contributed by atoms with van der Waals surface area (Å²) in [5.74, 6) is -1.09. The molecule has 1 fully saturated rings. The van der Waals surface area contributed by atoms with Gasteiger partial charge in [-0.3, -0.25) is 14.4 Å². The summed E-state index contributed by atoms with van der Waals surface area (Å²) in [6.45, 7) is 4.58. The van der Waals surface area contributed by atoms with Crippen LogP contribution in [0.1, 0.15) is 30.6 Å². The van der Waals surface area contributed by atoms with E-state index in [1.165, 1.54) is 0 Å². The maximum atomic E-state index is 12.1. The van der Waals surface area contributed by atoms with Gasteiger partial charge in [-0.25, -0.2) is 0 Å². The van der Waals surface area contributed by atoms with Crippen molar-refractivity contribution < 1.29 is 23.9 Å². The van der Waals surface area contributed by atoms with E-state index in [0.29, 0.717) is 23.7 Å². The van der Waals surface area contributed by atoms with Gasteiger partial charge in [0.25, 0.3) is 11.8 Å². The van der Waals surface area contributed by atoms with Crippen LogP contribution in [0.3, 0.4) is 0 Å². The number of carbonyl (C=O) groups excluding carboxylic acids is 3. The van der Waals surface area contributed by atoms with Crippen molar-refractivity contribution in [1.82, 2.24) is 10.2 Å². The maximum absolute atomic E-state index is 12.1. The van der Waals surface area contributed by atoms with Gasteiger partial charge in [0.2, 0.25) is 0 Å². The summed E-state index contributed by atoms with van der Waals surface area (Å²) in [7, 11) is 0. The lowest BCUT2D eigenvalue weighted by molar-refractivity contribution is -0.157. The Labute approximate surface area is 157 Å². The van der Waals surface area contributed by atoms with Gasteiger partial charge in [0.05, 0.1) is 18.6 Å². The number of ether oxygens (including phenoxy) is 2. The third kappa shape index (κ3) is 6.31. The van der Waals surface area contributed by atoms with E-state index in [2.05, 4.69) is 5.32 Å². The topological polar surface area (TPSA) is 84.9 Å². The van der Waals surface area contributed by atoms with Crippen LogP contribution in [0, 0.1) is 0 Å². The van der Waals surface area contributed by atoms with Gasteiger partial charge < -0.3 is 19.7 Å². The quantitative estimate of drug-likeness (QED) is 0.756. The Hall–Kier alpha value is -2.12. The second-order valence-electron chi connectivity index (χ2n) is 6.23. The van der Waals surface area contributed by atoms with Crippen LogP contribution in [0.25, 0.3) is 0 Å². The van der Waals surface area contributed by atoms with Gasteiger partial charge in [-0.05, 0) is 38.1 Å². The number of halogens is 1. The Balaban J connectivity index is 1.66. The van der Waals surface area contributed by atoms with Crippen molar-refractivity contribution in [2.45, 2.75) is 32.5 Å². The number of hydrogen-bond donors (Lipinski definition) is 1. The summed E-state index contributed by atoms with van der Waals surface area (Å²) in [5, 5.41) is 3.16. The van der Waals surface area contributed by atoms with Gasteiger partial charge >= 0.3 is 5.97 Å². The Morgan fingerprint density at radius 1 is 1.19 bits per heavy atom. The van der Waals surface area contributed by atoms with Crippen molar-refractivity contribution in [2.24, 2.45) is 0 Å². The highest BCUT2D eigenvalue weighted by molar-refractivity contribution is 6.30. The molecule has 0 aliphatic carbocycles. The fourth-order valence-corrected chi connectivity index (χ4v) is 2.79. The molecule has 1 heterocycles. The fourth-order valence-electron chi connectivity index (χ4n) is 2.67. The summed E-state index contributed by atoms with van der Waals surface area (Å²) in [6.07, 6.45) is -0.0920. The highest BCUT2D eigenvalue weighted by Gasteiger charge is 2.26. The summed E-state index contributed by atoms with van der Waals surface area (Å²) < 4.78 is 10.6. The molecule has 0 radical (unpaired) electrons. The van der Waals surface area contributed by atoms with Crippen molar-refractivity contribution in [1.29, 1.82) is 0 Å². The van der Waals surface area contributed by atoms with Crippen LogP contribution < -0.4 is 5.32 Å². The molecule has 0 bridgehead atoms. The third-order valence-corrected chi connectivity index (χ3v) is 4.10. The van der Waals surface area contributed by atoms with E-state index in [4.69, 9.17) is 21.1 Å². The SMILES string of the molecule is C[C@@H]1CN(C(=O)COC(=O)CCNC(=O)c2ccc(Cl)cc2)C[C@H](C)O1. The zero-order valence-corrected chi connectivity index (χ0v) is 15.6. The van der Waals surface area contributed by atoms with Crippen LogP contribution in [0.15, 0.2) is 24.3 Å². The molecule has 0 aromatic heterocycles. The van der Waals surface area contributed by atoms with Gasteiger partial charge in [-0.1, -0.05) is 11.6 Å². The van der Waals surface area contributed by atoms with Gasteiger partial charge in [-0.15, -0.1) is 0 Å². The first kappa shape index (κ1) is 20.2. The van der Waals surface area contributed by atoms with Gasteiger partial charge in [0.15, 0.2) is 6.61 Å². The van der Waals surface area contributed by atoms with Crippen molar-refractivity contribution in [3.8, 4) is 0 Å². The van der Waals surface area contributed by atoms with E-state index >= 15 is 0 Å². The van der Waals surface area contributed by atoms with Gasteiger partial charge in [0.1, 0.15) is 0 Å². The van der Waals surface area contributed by atoms with Crippen LogP contribution in [0.5, 0.6) is 0 Å². The summed E-state index contributed by atoms with van der Waals surface area (Å²) in [4.78, 5) is 37.4. The smallest absolute Gasteiger partial charge is 0.308 e. The van der Waals surface area contributed by atoms with Crippen LogP contribution in [-0.4, -0.2) is 61.1 Å². The first-order valence-corrected chi connectivity index (χ1v) is 8.85. The number of hydrogen-bond acceptors (Lipinski definition) is 5. The Kier molecular flexibility index (Phi) is 7.41. The van der Waals surface area contributed by atoms with Crippen LogP contribution >= 0.6 is 11.6 Å². The molecule has 1 aliphatic rings. The molecule has 0 unspecified atom stereocenters. The number of esters is 1. The van der Waals surface area contributed by atoms with E-state index in [9.17, 15) is 14.4 Å².